The van der Waals surface area contributed by atoms with Crippen molar-refractivity contribution >= 4 is 5.91 Å². The van der Waals surface area contributed by atoms with Gasteiger partial charge in [0.05, 0.1) is 0 Å². The fraction of sp³-hybridized carbons (Fsp3) is 0.900. The number of nitrogens with one attached hydrogen (secondary N) is 1. The van der Waals surface area contributed by atoms with E-state index in [4.69, 9.17) is 5.73 Å². The van der Waals surface area contributed by atoms with Crippen LogP contribution in [0.5, 0.6) is 0 Å². The Balaban J connectivity index is 2.22. The average Bonchev–Trinajstić information content (AvgIpc) is 2.68. The number of primary amides is 1. The molecule has 2 rings (SSSR count). The van der Waals surface area contributed by atoms with Gasteiger partial charge in [0.2, 0.25) is 5.91 Å². The SMILES string of the molecule is CCNC1(C(N)=O)CCN2CCCC21. The molecule has 2 atom stereocenters. The van der Waals surface area contributed by atoms with Crippen molar-refractivity contribution in [1.29, 1.82) is 0 Å². The largest absolute Gasteiger partial charge is 0.368 e. The number of hydrogen-bond donors (Lipinski definition) is 2. The van der Waals surface area contributed by atoms with Crippen molar-refractivity contribution in [3.05, 3.63) is 0 Å². The lowest BCUT2D eigenvalue weighted by molar-refractivity contribution is -0.125. The third-order valence-electron chi connectivity index (χ3n) is 3.66. The maximum Gasteiger partial charge on any atom is 0.239 e. The molecule has 80 valence electrons. The van der Waals surface area contributed by atoms with Crippen molar-refractivity contribution in [1.82, 2.24) is 10.2 Å². The Morgan fingerprint density at radius 3 is 3.07 bits per heavy atom. The third kappa shape index (κ3) is 1.25. The molecular formula is C10H19N3O. The van der Waals surface area contributed by atoms with Gasteiger partial charge in [-0.2, -0.15) is 0 Å². The van der Waals surface area contributed by atoms with Crippen molar-refractivity contribution in [3.8, 4) is 0 Å². The van der Waals surface area contributed by atoms with E-state index in [1.165, 1.54) is 6.42 Å². The minimum Gasteiger partial charge on any atom is -0.368 e. The molecule has 2 unspecified atom stereocenters. The molecule has 2 fully saturated rings. The summed E-state index contributed by atoms with van der Waals surface area (Å²) in [5.41, 5.74) is 5.11. The molecular weight excluding hydrogens is 178 g/mol. The normalized spacial score (nSPS) is 37.4. The number of rotatable bonds is 3. The zero-order chi connectivity index (χ0) is 10.2. The van der Waals surface area contributed by atoms with Crippen molar-refractivity contribution in [2.24, 2.45) is 5.73 Å². The fourth-order valence-electron chi connectivity index (χ4n) is 3.03. The number of nitrogens with zero attached hydrogens (tertiary/aromatic N) is 1. The summed E-state index contributed by atoms with van der Waals surface area (Å²) in [6.07, 6.45) is 3.18. The van der Waals surface area contributed by atoms with Crippen LogP contribution in [-0.2, 0) is 4.79 Å². The summed E-state index contributed by atoms with van der Waals surface area (Å²) in [5.74, 6) is -0.172. The van der Waals surface area contributed by atoms with E-state index in [9.17, 15) is 4.79 Å². The topological polar surface area (TPSA) is 58.4 Å². The summed E-state index contributed by atoms with van der Waals surface area (Å²) in [6, 6.07) is 0.347. The maximum atomic E-state index is 11.6. The lowest BCUT2D eigenvalue weighted by Crippen LogP contribution is -2.61. The second-order valence-electron chi connectivity index (χ2n) is 4.31. The number of amides is 1. The lowest BCUT2D eigenvalue weighted by Gasteiger charge is -2.32. The molecule has 4 nitrogen and oxygen atoms in total. The van der Waals surface area contributed by atoms with Gasteiger partial charge in [-0.05, 0) is 32.4 Å². The van der Waals surface area contributed by atoms with Crippen LogP contribution in [0, 0.1) is 0 Å². The van der Waals surface area contributed by atoms with Gasteiger partial charge in [-0.25, -0.2) is 0 Å². The molecule has 2 heterocycles. The first-order valence-corrected chi connectivity index (χ1v) is 5.49. The zero-order valence-electron chi connectivity index (χ0n) is 8.75. The monoisotopic (exact) mass is 197 g/mol. The molecule has 0 saturated carbocycles. The minimum atomic E-state index is -0.439. The summed E-state index contributed by atoms with van der Waals surface area (Å²) < 4.78 is 0. The van der Waals surface area contributed by atoms with E-state index in [1.807, 2.05) is 6.92 Å². The summed E-state index contributed by atoms with van der Waals surface area (Å²) in [5, 5.41) is 3.31. The fourth-order valence-corrected chi connectivity index (χ4v) is 3.03. The highest BCUT2D eigenvalue weighted by Gasteiger charge is 2.52. The Morgan fingerprint density at radius 1 is 1.64 bits per heavy atom. The molecule has 14 heavy (non-hydrogen) atoms. The number of carbonyl (C=O) groups excluding carboxylic acids is 1. The van der Waals surface area contributed by atoms with Gasteiger partial charge in [0.1, 0.15) is 5.54 Å². The van der Waals surface area contributed by atoms with E-state index in [0.717, 1.165) is 32.5 Å². The predicted octanol–water partition coefficient (Wildman–Crippen LogP) is -0.312. The van der Waals surface area contributed by atoms with Gasteiger partial charge in [0, 0.05) is 12.6 Å². The van der Waals surface area contributed by atoms with Crippen LogP contribution in [0.4, 0.5) is 0 Å². The Bertz CT molecular complexity index is 240. The second-order valence-corrected chi connectivity index (χ2v) is 4.31. The van der Waals surface area contributed by atoms with Crippen molar-refractivity contribution in [2.75, 3.05) is 19.6 Å². The van der Waals surface area contributed by atoms with Crippen molar-refractivity contribution in [3.63, 3.8) is 0 Å². The highest BCUT2D eigenvalue weighted by atomic mass is 16.1. The number of nitrogens with two attached hydrogens (primary N) is 1. The molecule has 2 aliphatic rings. The van der Waals surface area contributed by atoms with E-state index in [1.54, 1.807) is 0 Å². The van der Waals surface area contributed by atoms with E-state index in [0.29, 0.717) is 6.04 Å². The number of likely N-dealkylation sites (N-methyl/N-ethyl adjacent to an activating group) is 1. The van der Waals surface area contributed by atoms with Gasteiger partial charge in [-0.15, -0.1) is 0 Å². The molecule has 0 aliphatic carbocycles. The first kappa shape index (κ1) is 9.93. The first-order chi connectivity index (χ1) is 6.70. The van der Waals surface area contributed by atoms with Crippen LogP contribution in [-0.4, -0.2) is 42.0 Å². The maximum absolute atomic E-state index is 11.6. The molecule has 0 spiro atoms. The highest BCUT2D eigenvalue weighted by molar-refractivity contribution is 5.86. The van der Waals surface area contributed by atoms with Crippen molar-refractivity contribution in [2.45, 2.75) is 37.8 Å². The lowest BCUT2D eigenvalue weighted by atomic mass is 9.88. The Labute approximate surface area is 84.8 Å². The molecule has 4 heteroatoms. The molecule has 2 aliphatic heterocycles. The summed E-state index contributed by atoms with van der Waals surface area (Å²) in [6.45, 7) is 4.99. The molecule has 2 saturated heterocycles. The smallest absolute Gasteiger partial charge is 0.239 e. The van der Waals surface area contributed by atoms with E-state index >= 15 is 0 Å². The number of fused-ring (bicyclic) bond motifs is 1. The van der Waals surface area contributed by atoms with Crippen LogP contribution in [0.2, 0.25) is 0 Å². The molecule has 0 radical (unpaired) electrons. The summed E-state index contributed by atoms with van der Waals surface area (Å²) in [7, 11) is 0. The van der Waals surface area contributed by atoms with Crippen LogP contribution in [0.25, 0.3) is 0 Å². The highest BCUT2D eigenvalue weighted by Crippen LogP contribution is 2.35. The Kier molecular flexibility index (Phi) is 2.49. The quantitative estimate of drug-likeness (QED) is 0.652. The standard InChI is InChI=1S/C10H19N3O/c1-2-12-10(9(11)14)5-7-13-6-3-4-8(10)13/h8,12H,2-7H2,1H3,(H2,11,14). The number of hydrogen-bond acceptors (Lipinski definition) is 3. The van der Waals surface area contributed by atoms with Crippen LogP contribution in [0.1, 0.15) is 26.2 Å². The van der Waals surface area contributed by atoms with Crippen LogP contribution in [0.3, 0.4) is 0 Å². The first-order valence-electron chi connectivity index (χ1n) is 5.49. The van der Waals surface area contributed by atoms with E-state index in [2.05, 4.69) is 10.2 Å². The molecule has 1 amide bonds. The van der Waals surface area contributed by atoms with Gasteiger partial charge < -0.3 is 11.1 Å². The molecule has 0 aromatic heterocycles. The van der Waals surface area contributed by atoms with Crippen LogP contribution < -0.4 is 11.1 Å². The van der Waals surface area contributed by atoms with Gasteiger partial charge in [-0.3, -0.25) is 9.69 Å². The van der Waals surface area contributed by atoms with Crippen molar-refractivity contribution < 1.29 is 4.79 Å². The third-order valence-corrected chi connectivity index (χ3v) is 3.66. The van der Waals surface area contributed by atoms with Crippen LogP contribution >= 0.6 is 0 Å². The van der Waals surface area contributed by atoms with Gasteiger partial charge in [0.25, 0.3) is 0 Å². The molecule has 0 bridgehead atoms. The zero-order valence-corrected chi connectivity index (χ0v) is 8.75. The molecule has 0 aromatic rings. The predicted molar refractivity (Wildman–Crippen MR) is 54.8 cm³/mol. The minimum absolute atomic E-state index is 0.172. The molecule has 0 aromatic carbocycles. The summed E-state index contributed by atoms with van der Waals surface area (Å²) >= 11 is 0. The van der Waals surface area contributed by atoms with Gasteiger partial charge in [0.15, 0.2) is 0 Å². The van der Waals surface area contributed by atoms with E-state index in [-0.39, 0.29) is 5.91 Å². The Hall–Kier alpha value is -0.610. The Morgan fingerprint density at radius 2 is 2.43 bits per heavy atom. The second kappa shape index (κ2) is 3.51. The number of carbonyl (C=O) groups is 1. The average molecular weight is 197 g/mol. The van der Waals surface area contributed by atoms with E-state index < -0.39 is 5.54 Å². The summed E-state index contributed by atoms with van der Waals surface area (Å²) in [4.78, 5) is 14.0. The van der Waals surface area contributed by atoms with Gasteiger partial charge >= 0.3 is 0 Å². The van der Waals surface area contributed by atoms with Gasteiger partial charge in [-0.1, -0.05) is 6.92 Å². The van der Waals surface area contributed by atoms with Crippen LogP contribution in [0.15, 0.2) is 0 Å². The molecule has 3 N–H and O–H groups in total.